The number of piperidine rings is 1. The Morgan fingerprint density at radius 3 is 3.00 bits per heavy atom. The van der Waals surface area contributed by atoms with Crippen LogP contribution in [-0.2, 0) is 6.42 Å². The Kier molecular flexibility index (Phi) is 5.55. The van der Waals surface area contributed by atoms with Gasteiger partial charge < -0.3 is 14.1 Å². The van der Waals surface area contributed by atoms with Crippen LogP contribution in [-0.4, -0.2) is 34.4 Å². The molecule has 1 atom stereocenters. The van der Waals surface area contributed by atoms with Gasteiger partial charge in [-0.15, -0.1) is 0 Å². The molecule has 1 aliphatic rings. The van der Waals surface area contributed by atoms with Gasteiger partial charge in [0.15, 0.2) is 0 Å². The Bertz CT molecular complexity index is 1000. The molecule has 7 heteroatoms. The Morgan fingerprint density at radius 1 is 1.28 bits per heavy atom. The number of halogens is 1. The average molecular weight is 395 g/mol. The zero-order chi connectivity index (χ0) is 20.2. The third-order valence-corrected chi connectivity index (χ3v) is 5.08. The standard InChI is InChI=1S/C22H22FN3O3/c1-28-20-18(8-5-10-24-20)22(27)26-11-3-2-9-19(26)21-25-14-17(29-21)13-15-6-4-7-16(23)12-15/h4-8,10,12,14,19H,2-3,9,11,13H2,1H3. The molecule has 6 nitrogen and oxygen atoms in total. The molecule has 0 spiro atoms. The highest BCUT2D eigenvalue weighted by Crippen LogP contribution is 2.33. The lowest BCUT2D eigenvalue weighted by Crippen LogP contribution is -2.38. The molecular weight excluding hydrogens is 373 g/mol. The van der Waals surface area contributed by atoms with Crippen LogP contribution in [0, 0.1) is 5.82 Å². The van der Waals surface area contributed by atoms with Gasteiger partial charge >= 0.3 is 0 Å². The van der Waals surface area contributed by atoms with Crippen molar-refractivity contribution in [3.8, 4) is 5.88 Å². The number of oxazole rings is 1. The van der Waals surface area contributed by atoms with E-state index in [1.54, 1.807) is 35.5 Å². The summed E-state index contributed by atoms with van der Waals surface area (Å²) in [5.74, 6) is 1.03. The van der Waals surface area contributed by atoms with Gasteiger partial charge in [-0.25, -0.2) is 14.4 Å². The van der Waals surface area contributed by atoms with E-state index in [0.717, 1.165) is 24.8 Å². The fourth-order valence-corrected chi connectivity index (χ4v) is 3.71. The lowest BCUT2D eigenvalue weighted by Gasteiger charge is -2.34. The van der Waals surface area contributed by atoms with E-state index >= 15 is 0 Å². The summed E-state index contributed by atoms with van der Waals surface area (Å²) in [5.41, 5.74) is 1.23. The van der Waals surface area contributed by atoms with Crippen LogP contribution in [0.3, 0.4) is 0 Å². The molecule has 1 aromatic carbocycles. The first-order valence-corrected chi connectivity index (χ1v) is 9.64. The summed E-state index contributed by atoms with van der Waals surface area (Å²) in [6.45, 7) is 0.614. The number of rotatable bonds is 5. The third-order valence-electron chi connectivity index (χ3n) is 5.08. The molecule has 2 aromatic heterocycles. The largest absolute Gasteiger partial charge is 0.480 e. The Morgan fingerprint density at radius 2 is 2.17 bits per heavy atom. The smallest absolute Gasteiger partial charge is 0.260 e. The van der Waals surface area contributed by atoms with Gasteiger partial charge in [-0.05, 0) is 49.1 Å². The SMILES string of the molecule is COc1ncccc1C(=O)N1CCCCC1c1ncc(Cc2cccc(F)c2)o1. The number of nitrogens with zero attached hydrogens (tertiary/aromatic N) is 3. The monoisotopic (exact) mass is 395 g/mol. The number of carbonyl (C=O) groups is 1. The predicted molar refractivity (Wildman–Crippen MR) is 104 cm³/mol. The first-order chi connectivity index (χ1) is 14.2. The van der Waals surface area contributed by atoms with Crippen molar-refractivity contribution >= 4 is 5.91 Å². The number of ether oxygens (including phenoxy) is 1. The number of amides is 1. The summed E-state index contributed by atoms with van der Waals surface area (Å²) in [4.78, 5) is 23.5. The van der Waals surface area contributed by atoms with E-state index in [-0.39, 0.29) is 17.8 Å². The van der Waals surface area contributed by atoms with Gasteiger partial charge in [0.2, 0.25) is 11.8 Å². The van der Waals surface area contributed by atoms with E-state index in [1.165, 1.54) is 19.2 Å². The van der Waals surface area contributed by atoms with Crippen LogP contribution in [0.15, 0.2) is 53.2 Å². The molecule has 1 fully saturated rings. The quantitative estimate of drug-likeness (QED) is 0.648. The molecular formula is C22H22FN3O3. The topological polar surface area (TPSA) is 68.5 Å². The normalized spacial score (nSPS) is 16.6. The van der Waals surface area contributed by atoms with Gasteiger partial charge in [-0.2, -0.15) is 0 Å². The minimum Gasteiger partial charge on any atom is -0.480 e. The van der Waals surface area contributed by atoms with Gasteiger partial charge in [-0.3, -0.25) is 4.79 Å². The molecule has 29 heavy (non-hydrogen) atoms. The number of aromatic nitrogens is 2. The molecule has 1 amide bonds. The molecule has 4 rings (SSSR count). The van der Waals surface area contributed by atoms with Crippen molar-refractivity contribution in [3.63, 3.8) is 0 Å². The number of likely N-dealkylation sites (tertiary alicyclic amines) is 1. The summed E-state index contributed by atoms with van der Waals surface area (Å²) < 4.78 is 24.6. The van der Waals surface area contributed by atoms with Crippen LogP contribution >= 0.6 is 0 Å². The maximum absolute atomic E-state index is 13.4. The van der Waals surface area contributed by atoms with Crippen LogP contribution in [0.1, 0.15) is 52.9 Å². The average Bonchev–Trinajstić information content (AvgIpc) is 3.21. The minimum atomic E-state index is -0.281. The van der Waals surface area contributed by atoms with E-state index in [1.807, 2.05) is 6.07 Å². The Labute approximate surface area is 168 Å². The second-order valence-corrected chi connectivity index (χ2v) is 7.04. The molecule has 0 radical (unpaired) electrons. The van der Waals surface area contributed by atoms with Gasteiger partial charge in [-0.1, -0.05) is 12.1 Å². The fourth-order valence-electron chi connectivity index (χ4n) is 3.71. The number of benzene rings is 1. The second kappa shape index (κ2) is 8.43. The highest BCUT2D eigenvalue weighted by atomic mass is 19.1. The summed E-state index contributed by atoms with van der Waals surface area (Å²) in [5, 5.41) is 0. The van der Waals surface area contributed by atoms with Crippen LogP contribution in [0.25, 0.3) is 0 Å². The van der Waals surface area contributed by atoms with Crippen molar-refractivity contribution in [3.05, 3.63) is 77.4 Å². The van der Waals surface area contributed by atoms with E-state index in [0.29, 0.717) is 36.1 Å². The number of carbonyl (C=O) groups excluding carboxylic acids is 1. The lowest BCUT2D eigenvalue weighted by molar-refractivity contribution is 0.0566. The maximum atomic E-state index is 13.4. The van der Waals surface area contributed by atoms with E-state index in [4.69, 9.17) is 9.15 Å². The molecule has 1 saturated heterocycles. The molecule has 0 bridgehead atoms. The highest BCUT2D eigenvalue weighted by Gasteiger charge is 2.33. The molecule has 3 aromatic rings. The van der Waals surface area contributed by atoms with Gasteiger partial charge in [0.05, 0.1) is 13.3 Å². The summed E-state index contributed by atoms with van der Waals surface area (Å²) in [7, 11) is 1.50. The van der Waals surface area contributed by atoms with Gasteiger partial charge in [0, 0.05) is 19.2 Å². The van der Waals surface area contributed by atoms with Crippen molar-refractivity contribution < 1.29 is 18.3 Å². The number of pyridine rings is 1. The molecule has 150 valence electrons. The second-order valence-electron chi connectivity index (χ2n) is 7.04. The van der Waals surface area contributed by atoms with Crippen molar-refractivity contribution in [2.75, 3.05) is 13.7 Å². The van der Waals surface area contributed by atoms with E-state index in [2.05, 4.69) is 9.97 Å². The van der Waals surface area contributed by atoms with E-state index in [9.17, 15) is 9.18 Å². The van der Waals surface area contributed by atoms with Crippen molar-refractivity contribution in [1.29, 1.82) is 0 Å². The predicted octanol–water partition coefficient (Wildman–Crippen LogP) is 4.18. The third kappa shape index (κ3) is 4.13. The van der Waals surface area contributed by atoms with Crippen molar-refractivity contribution in [1.82, 2.24) is 14.9 Å². The van der Waals surface area contributed by atoms with Gasteiger partial charge in [0.1, 0.15) is 23.2 Å². The van der Waals surface area contributed by atoms with Crippen molar-refractivity contribution in [2.24, 2.45) is 0 Å². The molecule has 1 unspecified atom stereocenters. The highest BCUT2D eigenvalue weighted by molar-refractivity contribution is 5.96. The van der Waals surface area contributed by atoms with Crippen LogP contribution in [0.5, 0.6) is 5.88 Å². The van der Waals surface area contributed by atoms with Crippen molar-refractivity contribution in [2.45, 2.75) is 31.7 Å². The fraction of sp³-hybridized carbons (Fsp3) is 0.318. The molecule has 1 aliphatic heterocycles. The summed E-state index contributed by atoms with van der Waals surface area (Å²) in [6.07, 6.45) is 6.37. The minimum absolute atomic E-state index is 0.149. The number of hydrogen-bond donors (Lipinski definition) is 0. The maximum Gasteiger partial charge on any atom is 0.260 e. The van der Waals surface area contributed by atoms with Crippen LogP contribution < -0.4 is 4.74 Å². The molecule has 3 heterocycles. The van der Waals surface area contributed by atoms with Crippen LogP contribution in [0.2, 0.25) is 0 Å². The number of methoxy groups -OCH3 is 1. The summed E-state index contributed by atoms with van der Waals surface area (Å²) >= 11 is 0. The molecule has 0 aliphatic carbocycles. The molecule has 0 N–H and O–H groups in total. The van der Waals surface area contributed by atoms with Gasteiger partial charge in [0.25, 0.3) is 5.91 Å². The zero-order valence-electron chi connectivity index (χ0n) is 16.2. The Hall–Kier alpha value is -3.22. The lowest BCUT2D eigenvalue weighted by atomic mass is 10.0. The van der Waals surface area contributed by atoms with Crippen LogP contribution in [0.4, 0.5) is 4.39 Å². The Balaban J connectivity index is 1.56. The molecule has 0 saturated carbocycles. The zero-order valence-corrected chi connectivity index (χ0v) is 16.2. The van der Waals surface area contributed by atoms with E-state index < -0.39 is 0 Å². The summed E-state index contributed by atoms with van der Waals surface area (Å²) in [6, 6.07) is 9.59. The number of hydrogen-bond acceptors (Lipinski definition) is 5. The first kappa shape index (κ1) is 19.1. The first-order valence-electron chi connectivity index (χ1n) is 9.64.